The van der Waals surface area contributed by atoms with Crippen molar-refractivity contribution in [3.05, 3.63) is 71.8 Å². The number of ether oxygens (including phenoxy) is 1. The average molecular weight is 324 g/mol. The molecule has 0 spiro atoms. The fourth-order valence-corrected chi connectivity index (χ4v) is 3.07. The molecule has 0 aromatic heterocycles. The molecule has 4 heteroatoms. The molecule has 0 saturated carbocycles. The van der Waals surface area contributed by atoms with Crippen LogP contribution in [0.4, 0.5) is 0 Å². The molecule has 1 aliphatic rings. The molecule has 0 bridgehead atoms. The Hall–Kier alpha value is -2.01. The lowest BCUT2D eigenvalue weighted by Gasteiger charge is -2.35. The van der Waals surface area contributed by atoms with Crippen LogP contribution < -0.4 is 5.32 Å². The Kier molecular flexibility index (Phi) is 6.13. The van der Waals surface area contributed by atoms with E-state index in [2.05, 4.69) is 34.5 Å². The molecule has 1 fully saturated rings. The van der Waals surface area contributed by atoms with Crippen molar-refractivity contribution >= 4 is 5.78 Å². The van der Waals surface area contributed by atoms with Crippen molar-refractivity contribution in [2.24, 2.45) is 0 Å². The predicted molar refractivity (Wildman–Crippen MR) is 95.2 cm³/mol. The number of nitrogens with zero attached hydrogens (tertiary/aromatic N) is 1. The van der Waals surface area contributed by atoms with Crippen molar-refractivity contribution in [1.29, 1.82) is 0 Å². The Morgan fingerprint density at radius 1 is 1.00 bits per heavy atom. The highest BCUT2D eigenvalue weighted by atomic mass is 16.5. The molecular formula is C20H24N2O2. The van der Waals surface area contributed by atoms with Gasteiger partial charge in [0.2, 0.25) is 0 Å². The van der Waals surface area contributed by atoms with Crippen molar-refractivity contribution in [3.8, 4) is 0 Å². The minimum Gasteiger partial charge on any atom is -0.379 e. The molecule has 2 aromatic rings. The van der Waals surface area contributed by atoms with E-state index in [1.165, 1.54) is 5.56 Å². The van der Waals surface area contributed by atoms with Gasteiger partial charge >= 0.3 is 0 Å². The number of hydrogen-bond donors (Lipinski definition) is 1. The highest BCUT2D eigenvalue weighted by Crippen LogP contribution is 2.21. The summed E-state index contributed by atoms with van der Waals surface area (Å²) in [7, 11) is 0. The largest absolute Gasteiger partial charge is 0.379 e. The summed E-state index contributed by atoms with van der Waals surface area (Å²) in [4.78, 5) is 14.7. The molecule has 1 unspecified atom stereocenters. The smallest absolute Gasteiger partial charge is 0.176 e. The third-order valence-electron chi connectivity index (χ3n) is 4.39. The minimum absolute atomic E-state index is 0.129. The van der Waals surface area contributed by atoms with Gasteiger partial charge in [-0.25, -0.2) is 0 Å². The van der Waals surface area contributed by atoms with Gasteiger partial charge in [-0.05, 0) is 5.56 Å². The van der Waals surface area contributed by atoms with E-state index in [4.69, 9.17) is 4.74 Å². The first kappa shape index (κ1) is 16.8. The summed E-state index contributed by atoms with van der Waals surface area (Å²) in [6, 6.07) is 20.2. The van der Waals surface area contributed by atoms with Crippen LogP contribution in [0.3, 0.4) is 0 Å². The summed E-state index contributed by atoms with van der Waals surface area (Å²) in [5.74, 6) is 0.129. The van der Waals surface area contributed by atoms with Crippen LogP contribution in [0.1, 0.15) is 22.0 Å². The number of carbonyl (C=O) groups excluding carboxylic acids is 1. The Bertz CT molecular complexity index is 625. The van der Waals surface area contributed by atoms with Crippen molar-refractivity contribution in [3.63, 3.8) is 0 Å². The van der Waals surface area contributed by atoms with Gasteiger partial charge in [-0.2, -0.15) is 0 Å². The van der Waals surface area contributed by atoms with Gasteiger partial charge in [0.1, 0.15) is 0 Å². The molecule has 2 aromatic carbocycles. The molecule has 0 aliphatic carbocycles. The maximum Gasteiger partial charge on any atom is 0.176 e. The maximum absolute atomic E-state index is 12.2. The summed E-state index contributed by atoms with van der Waals surface area (Å²) in [5.41, 5.74) is 2.03. The van der Waals surface area contributed by atoms with Gasteiger partial charge in [-0.1, -0.05) is 60.7 Å². The number of benzene rings is 2. The molecule has 1 N–H and O–H groups in total. The zero-order chi connectivity index (χ0) is 16.6. The maximum atomic E-state index is 12.2. The summed E-state index contributed by atoms with van der Waals surface area (Å²) in [5, 5.41) is 3.35. The van der Waals surface area contributed by atoms with Crippen LogP contribution in [0.2, 0.25) is 0 Å². The Balaban J connectivity index is 1.61. The lowest BCUT2D eigenvalue weighted by molar-refractivity contribution is 0.0162. The van der Waals surface area contributed by atoms with Gasteiger partial charge in [-0.3, -0.25) is 9.69 Å². The fraction of sp³-hybridized carbons (Fsp3) is 0.350. The number of morpholine rings is 1. The Morgan fingerprint density at radius 3 is 2.29 bits per heavy atom. The number of carbonyl (C=O) groups is 1. The zero-order valence-corrected chi connectivity index (χ0v) is 13.9. The van der Waals surface area contributed by atoms with Gasteiger partial charge < -0.3 is 10.1 Å². The third-order valence-corrected chi connectivity index (χ3v) is 4.39. The second-order valence-electron chi connectivity index (χ2n) is 5.99. The Morgan fingerprint density at radius 2 is 1.62 bits per heavy atom. The van der Waals surface area contributed by atoms with E-state index in [0.29, 0.717) is 6.54 Å². The van der Waals surface area contributed by atoms with Gasteiger partial charge in [0.25, 0.3) is 0 Å². The van der Waals surface area contributed by atoms with Crippen LogP contribution in [0.15, 0.2) is 60.7 Å². The standard InChI is InChI=1S/C20H24N2O2/c23-20(18-9-5-2-6-10-18)16-21-15-19(17-7-3-1-4-8-17)22-11-13-24-14-12-22/h1-10,19,21H,11-16H2. The highest BCUT2D eigenvalue weighted by molar-refractivity contribution is 5.97. The predicted octanol–water partition coefficient (Wildman–Crippen LogP) is 2.53. The van der Waals surface area contributed by atoms with Crippen LogP contribution in [0, 0.1) is 0 Å². The molecular weight excluding hydrogens is 300 g/mol. The van der Waals surface area contributed by atoms with Crippen LogP contribution in [0.25, 0.3) is 0 Å². The number of Topliss-reactive ketones (excluding diaryl/α,β-unsaturated/α-hetero) is 1. The zero-order valence-electron chi connectivity index (χ0n) is 13.9. The van der Waals surface area contributed by atoms with Crippen LogP contribution >= 0.6 is 0 Å². The first-order valence-corrected chi connectivity index (χ1v) is 8.50. The van der Waals surface area contributed by atoms with E-state index in [-0.39, 0.29) is 11.8 Å². The molecule has 1 atom stereocenters. The number of nitrogens with one attached hydrogen (secondary N) is 1. The van der Waals surface area contributed by atoms with Gasteiger partial charge in [0.05, 0.1) is 19.8 Å². The molecule has 0 amide bonds. The van der Waals surface area contributed by atoms with Gasteiger partial charge in [-0.15, -0.1) is 0 Å². The van der Waals surface area contributed by atoms with E-state index in [0.717, 1.165) is 38.4 Å². The first-order chi connectivity index (χ1) is 11.8. The number of ketones is 1. The summed E-state index contributed by atoms with van der Waals surface area (Å²) in [6.07, 6.45) is 0. The van der Waals surface area contributed by atoms with Crippen molar-refractivity contribution < 1.29 is 9.53 Å². The molecule has 1 aliphatic heterocycles. The quantitative estimate of drug-likeness (QED) is 0.795. The number of rotatable bonds is 7. The summed E-state index contributed by atoms with van der Waals surface area (Å²) in [6.45, 7) is 4.50. The third kappa shape index (κ3) is 4.51. The van der Waals surface area contributed by atoms with Crippen LogP contribution in [-0.2, 0) is 4.74 Å². The van der Waals surface area contributed by atoms with Gasteiger partial charge in [0.15, 0.2) is 5.78 Å². The van der Waals surface area contributed by atoms with Crippen LogP contribution in [0.5, 0.6) is 0 Å². The summed E-state index contributed by atoms with van der Waals surface area (Å²) >= 11 is 0. The monoisotopic (exact) mass is 324 g/mol. The summed E-state index contributed by atoms with van der Waals surface area (Å²) < 4.78 is 5.47. The van der Waals surface area contributed by atoms with Crippen molar-refractivity contribution in [2.75, 3.05) is 39.4 Å². The molecule has 1 saturated heterocycles. The van der Waals surface area contributed by atoms with Gasteiger partial charge in [0, 0.05) is 31.2 Å². The molecule has 1 heterocycles. The van der Waals surface area contributed by atoms with E-state index in [1.807, 2.05) is 36.4 Å². The highest BCUT2D eigenvalue weighted by Gasteiger charge is 2.22. The second-order valence-corrected chi connectivity index (χ2v) is 5.99. The lowest BCUT2D eigenvalue weighted by atomic mass is 10.0. The number of hydrogen-bond acceptors (Lipinski definition) is 4. The normalized spacial score (nSPS) is 16.7. The Labute approximate surface area is 143 Å². The second kappa shape index (κ2) is 8.73. The topological polar surface area (TPSA) is 41.6 Å². The lowest BCUT2D eigenvalue weighted by Crippen LogP contribution is -2.43. The van der Waals surface area contributed by atoms with Crippen molar-refractivity contribution in [2.45, 2.75) is 6.04 Å². The average Bonchev–Trinajstić information content (AvgIpc) is 2.67. The molecule has 126 valence electrons. The first-order valence-electron chi connectivity index (χ1n) is 8.50. The van der Waals surface area contributed by atoms with E-state index in [9.17, 15) is 4.79 Å². The minimum atomic E-state index is 0.129. The van der Waals surface area contributed by atoms with E-state index in [1.54, 1.807) is 0 Å². The molecule has 0 radical (unpaired) electrons. The fourth-order valence-electron chi connectivity index (χ4n) is 3.07. The van der Waals surface area contributed by atoms with Crippen molar-refractivity contribution in [1.82, 2.24) is 10.2 Å². The molecule has 4 nitrogen and oxygen atoms in total. The molecule has 24 heavy (non-hydrogen) atoms. The van der Waals surface area contributed by atoms with Crippen LogP contribution in [-0.4, -0.2) is 50.1 Å². The van der Waals surface area contributed by atoms with E-state index >= 15 is 0 Å². The molecule has 3 rings (SSSR count). The van der Waals surface area contributed by atoms with E-state index < -0.39 is 0 Å². The SMILES string of the molecule is O=C(CNCC(c1ccccc1)N1CCOCC1)c1ccccc1.